The highest BCUT2D eigenvalue weighted by atomic mass is 32.2. The Morgan fingerprint density at radius 3 is 2.89 bits per heavy atom. The summed E-state index contributed by atoms with van der Waals surface area (Å²) in [7, 11) is -3.62. The van der Waals surface area contributed by atoms with Crippen molar-refractivity contribution in [2.75, 3.05) is 6.61 Å². The molecule has 1 aliphatic rings. The Hall–Kier alpha value is -1.14. The lowest BCUT2D eigenvalue weighted by Crippen LogP contribution is -2.35. The van der Waals surface area contributed by atoms with Gasteiger partial charge in [0.2, 0.25) is 10.0 Å². The van der Waals surface area contributed by atoms with E-state index in [1.807, 2.05) is 0 Å². The summed E-state index contributed by atoms with van der Waals surface area (Å²) in [6.45, 7) is 2.17. The summed E-state index contributed by atoms with van der Waals surface area (Å²) in [5.41, 5.74) is 0.725. The van der Waals surface area contributed by atoms with Gasteiger partial charge >= 0.3 is 0 Å². The molecule has 18 heavy (non-hydrogen) atoms. The Labute approximate surface area is 106 Å². The smallest absolute Gasteiger partial charge is 0.212 e. The molecule has 0 amide bonds. The normalized spacial score (nSPS) is 20.9. The molecule has 0 saturated carbocycles. The third-order valence-corrected chi connectivity index (χ3v) is 4.84. The second-order valence-corrected chi connectivity index (χ2v) is 6.25. The van der Waals surface area contributed by atoms with Gasteiger partial charge in [0.05, 0.1) is 11.9 Å². The number of primary sulfonamides is 1. The van der Waals surface area contributed by atoms with Crippen LogP contribution in [0.1, 0.15) is 31.2 Å². The molecule has 1 aliphatic heterocycles. The molecule has 2 N–H and O–H groups in total. The molecule has 0 spiro atoms. The van der Waals surface area contributed by atoms with Crippen LogP contribution in [0.5, 0.6) is 5.75 Å². The first-order chi connectivity index (χ1) is 8.43. The maximum Gasteiger partial charge on any atom is 0.212 e. The van der Waals surface area contributed by atoms with Crippen molar-refractivity contribution in [3.05, 3.63) is 29.6 Å². The summed E-state index contributed by atoms with van der Waals surface area (Å²) < 4.78 is 41.7. The molecule has 0 saturated heterocycles. The number of nitrogens with two attached hydrogens (primary N) is 1. The molecule has 0 bridgehead atoms. The summed E-state index contributed by atoms with van der Waals surface area (Å²) >= 11 is 0. The molecule has 6 heteroatoms. The van der Waals surface area contributed by atoms with Gasteiger partial charge in [-0.05, 0) is 24.5 Å². The van der Waals surface area contributed by atoms with E-state index in [1.165, 1.54) is 12.1 Å². The van der Waals surface area contributed by atoms with Gasteiger partial charge in [0.15, 0.2) is 0 Å². The number of halogens is 1. The van der Waals surface area contributed by atoms with Gasteiger partial charge < -0.3 is 4.74 Å². The van der Waals surface area contributed by atoms with Crippen molar-refractivity contribution in [3.8, 4) is 5.75 Å². The average molecular weight is 273 g/mol. The first kappa shape index (κ1) is 13.3. The molecule has 1 heterocycles. The molecule has 0 aromatic heterocycles. The minimum absolute atomic E-state index is 0.227. The summed E-state index contributed by atoms with van der Waals surface area (Å²) in [6.07, 6.45) is 1.01. The van der Waals surface area contributed by atoms with Crippen LogP contribution in [0.2, 0.25) is 0 Å². The van der Waals surface area contributed by atoms with E-state index in [9.17, 15) is 12.8 Å². The zero-order valence-corrected chi connectivity index (χ0v) is 10.9. The van der Waals surface area contributed by atoms with Gasteiger partial charge in [-0.25, -0.2) is 17.9 Å². The molecule has 1 unspecified atom stereocenters. The van der Waals surface area contributed by atoms with E-state index in [0.29, 0.717) is 25.2 Å². The Bertz CT molecular complexity index is 544. The lowest BCUT2D eigenvalue weighted by Gasteiger charge is -2.30. The third kappa shape index (κ3) is 2.49. The second kappa shape index (κ2) is 4.85. The van der Waals surface area contributed by atoms with Crippen LogP contribution < -0.4 is 9.88 Å². The van der Waals surface area contributed by atoms with Crippen LogP contribution >= 0.6 is 0 Å². The average Bonchev–Trinajstić information content (AvgIpc) is 2.27. The molecule has 100 valence electrons. The third-order valence-electron chi connectivity index (χ3n) is 3.33. The van der Waals surface area contributed by atoms with Crippen molar-refractivity contribution in [2.45, 2.75) is 30.9 Å². The van der Waals surface area contributed by atoms with Gasteiger partial charge in [-0.2, -0.15) is 0 Å². The van der Waals surface area contributed by atoms with Crippen LogP contribution in [0.4, 0.5) is 4.39 Å². The van der Waals surface area contributed by atoms with E-state index in [4.69, 9.17) is 9.88 Å². The van der Waals surface area contributed by atoms with E-state index in [1.54, 1.807) is 13.0 Å². The molecule has 1 aromatic rings. The lowest BCUT2D eigenvalue weighted by molar-refractivity contribution is 0.261. The van der Waals surface area contributed by atoms with E-state index < -0.39 is 21.1 Å². The van der Waals surface area contributed by atoms with Gasteiger partial charge in [-0.1, -0.05) is 13.0 Å². The Morgan fingerprint density at radius 2 is 2.28 bits per heavy atom. The lowest BCUT2D eigenvalue weighted by atomic mass is 9.89. The number of hydrogen-bond acceptors (Lipinski definition) is 3. The largest absolute Gasteiger partial charge is 0.493 e. The van der Waals surface area contributed by atoms with Gasteiger partial charge in [0.25, 0.3) is 0 Å². The van der Waals surface area contributed by atoms with Gasteiger partial charge in [-0.15, -0.1) is 0 Å². The maximum atomic E-state index is 13.1. The summed E-state index contributed by atoms with van der Waals surface area (Å²) in [4.78, 5) is 0. The first-order valence-electron chi connectivity index (χ1n) is 5.87. The second-order valence-electron chi connectivity index (χ2n) is 4.46. The zero-order chi connectivity index (χ0) is 13.3. The van der Waals surface area contributed by atoms with E-state index in [2.05, 4.69) is 0 Å². The van der Waals surface area contributed by atoms with Crippen LogP contribution in [-0.4, -0.2) is 20.3 Å². The molecule has 0 fully saturated rings. The van der Waals surface area contributed by atoms with Crippen molar-refractivity contribution in [1.29, 1.82) is 0 Å². The molecular formula is C12H16FNO3S. The van der Waals surface area contributed by atoms with E-state index in [0.717, 1.165) is 5.56 Å². The summed E-state index contributed by atoms with van der Waals surface area (Å²) in [5.74, 6) is -0.194. The highest BCUT2D eigenvalue weighted by Gasteiger charge is 2.34. The fourth-order valence-electron chi connectivity index (χ4n) is 2.52. The quantitative estimate of drug-likeness (QED) is 0.912. The molecular weight excluding hydrogens is 257 g/mol. The minimum Gasteiger partial charge on any atom is -0.493 e. The minimum atomic E-state index is -3.62. The van der Waals surface area contributed by atoms with Crippen molar-refractivity contribution < 1.29 is 17.5 Å². The maximum absolute atomic E-state index is 13.1. The zero-order valence-electron chi connectivity index (χ0n) is 10.1. The molecule has 0 aliphatic carbocycles. The molecule has 2 atom stereocenters. The summed E-state index contributed by atoms with van der Waals surface area (Å²) in [6, 6.07) is 4.19. The fourth-order valence-corrected chi connectivity index (χ4v) is 3.73. The Morgan fingerprint density at radius 1 is 1.56 bits per heavy atom. The number of hydrogen-bond donors (Lipinski definition) is 1. The number of sulfonamides is 1. The molecule has 4 nitrogen and oxygen atoms in total. The molecule has 1 aromatic carbocycles. The van der Waals surface area contributed by atoms with Gasteiger partial charge in [0.1, 0.15) is 11.6 Å². The van der Waals surface area contributed by atoms with Crippen molar-refractivity contribution >= 4 is 10.0 Å². The predicted octanol–water partition coefficient (Wildman–Crippen LogP) is 1.76. The van der Waals surface area contributed by atoms with Crippen LogP contribution in [0, 0.1) is 5.82 Å². The van der Waals surface area contributed by atoms with Crippen molar-refractivity contribution in [1.82, 2.24) is 0 Å². The number of ether oxygens (including phenoxy) is 1. The predicted molar refractivity (Wildman–Crippen MR) is 66.4 cm³/mol. The Kier molecular flexibility index (Phi) is 3.59. The highest BCUT2D eigenvalue weighted by Crippen LogP contribution is 2.38. The first-order valence-corrected chi connectivity index (χ1v) is 7.48. The number of fused-ring (bicyclic) bond motifs is 1. The standard InChI is InChI=1S/C12H16FNO3S/c1-2-12(18(14,15)16)10-5-6-17-11-7-8(13)3-4-9(10)11/h3-4,7,10,12H,2,5-6H2,1H3,(H2,14,15,16)/t10-,12?/m0/s1. The Balaban J connectivity index is 2.44. The SMILES string of the molecule is CCC([C@H]1CCOc2cc(F)ccc21)S(N)(=O)=O. The van der Waals surface area contributed by atoms with Crippen LogP contribution in [0.25, 0.3) is 0 Å². The van der Waals surface area contributed by atoms with Crippen LogP contribution in [0.3, 0.4) is 0 Å². The van der Waals surface area contributed by atoms with E-state index in [-0.39, 0.29) is 5.92 Å². The molecule has 2 rings (SSSR count). The fraction of sp³-hybridized carbons (Fsp3) is 0.500. The molecule has 0 radical (unpaired) electrons. The number of benzene rings is 1. The topological polar surface area (TPSA) is 69.4 Å². The van der Waals surface area contributed by atoms with Crippen LogP contribution in [-0.2, 0) is 10.0 Å². The summed E-state index contributed by atoms with van der Waals surface area (Å²) in [5, 5.41) is 4.62. The van der Waals surface area contributed by atoms with Crippen molar-refractivity contribution in [3.63, 3.8) is 0 Å². The monoisotopic (exact) mass is 273 g/mol. The van der Waals surface area contributed by atoms with E-state index >= 15 is 0 Å². The highest BCUT2D eigenvalue weighted by molar-refractivity contribution is 7.89. The van der Waals surface area contributed by atoms with Crippen LogP contribution in [0.15, 0.2) is 18.2 Å². The van der Waals surface area contributed by atoms with Crippen molar-refractivity contribution in [2.24, 2.45) is 5.14 Å². The van der Waals surface area contributed by atoms with Gasteiger partial charge in [0, 0.05) is 12.0 Å². The number of rotatable bonds is 3. The van der Waals surface area contributed by atoms with Gasteiger partial charge in [-0.3, -0.25) is 0 Å².